The van der Waals surface area contributed by atoms with Crippen LogP contribution in [0.15, 0.2) is 90.6 Å². The number of likely N-dealkylation sites (N-methyl/N-ethyl adjacent to an activating group) is 1. The van der Waals surface area contributed by atoms with E-state index in [9.17, 15) is 4.79 Å². The Balaban J connectivity index is 1.64. The molecule has 1 aliphatic heterocycles. The third-order valence-electron chi connectivity index (χ3n) is 5.48. The van der Waals surface area contributed by atoms with Gasteiger partial charge in [0.05, 0.1) is 0 Å². The number of allylic oxidation sites excluding steroid dienone is 2. The van der Waals surface area contributed by atoms with Crippen LogP contribution in [0, 0.1) is 0 Å². The number of nitrogens with zero attached hydrogens (tertiary/aromatic N) is 1. The highest BCUT2D eigenvalue weighted by atomic mass is 16.1. The number of anilines is 1. The first-order valence-corrected chi connectivity index (χ1v) is 9.24. The van der Waals surface area contributed by atoms with Crippen LogP contribution in [-0.4, -0.2) is 12.8 Å². The van der Waals surface area contributed by atoms with Crippen LogP contribution in [0.4, 0.5) is 5.69 Å². The Morgan fingerprint density at radius 1 is 0.815 bits per heavy atom. The van der Waals surface area contributed by atoms with Crippen LogP contribution in [0.2, 0.25) is 0 Å². The summed E-state index contributed by atoms with van der Waals surface area (Å²) in [6, 6.07) is 26.4. The molecule has 0 aliphatic carbocycles. The summed E-state index contributed by atoms with van der Waals surface area (Å²) in [5.41, 5.74) is 6.24. The van der Waals surface area contributed by atoms with Gasteiger partial charge in [-0.05, 0) is 22.8 Å². The lowest BCUT2D eigenvalue weighted by atomic mass is 9.83. The predicted octanol–water partition coefficient (Wildman–Crippen LogP) is 5.85. The number of fused-ring (bicyclic) bond motifs is 1. The van der Waals surface area contributed by atoms with Crippen LogP contribution in [0.5, 0.6) is 0 Å². The zero-order chi connectivity index (χ0) is 19.0. The summed E-state index contributed by atoms with van der Waals surface area (Å²) in [7, 11) is 2.03. The molecule has 2 nitrogen and oxygen atoms in total. The standard InChI is InChI=1S/C25H23NO/c1-25(2)21-11-7-8-12-22(21)26(3)24(25)17-23(27)20-15-13-19(14-16-20)18-9-5-4-6-10-18/h4-17H,1-3H3/b24-17-. The van der Waals surface area contributed by atoms with Crippen molar-refractivity contribution in [1.29, 1.82) is 0 Å². The molecule has 0 bridgehead atoms. The maximum Gasteiger partial charge on any atom is 0.187 e. The number of hydrogen-bond donors (Lipinski definition) is 0. The molecule has 0 aromatic heterocycles. The molecule has 134 valence electrons. The molecule has 0 radical (unpaired) electrons. The number of rotatable bonds is 3. The highest BCUT2D eigenvalue weighted by molar-refractivity contribution is 6.06. The van der Waals surface area contributed by atoms with E-state index in [4.69, 9.17) is 0 Å². The normalized spacial score (nSPS) is 16.4. The largest absolute Gasteiger partial charge is 0.347 e. The molecule has 0 N–H and O–H groups in total. The summed E-state index contributed by atoms with van der Waals surface area (Å²) in [4.78, 5) is 15.1. The fourth-order valence-corrected chi connectivity index (χ4v) is 3.92. The van der Waals surface area contributed by atoms with Gasteiger partial charge in [-0.15, -0.1) is 0 Å². The van der Waals surface area contributed by atoms with E-state index in [0.29, 0.717) is 5.56 Å². The lowest BCUT2D eigenvalue weighted by molar-refractivity contribution is 0.104. The first-order valence-electron chi connectivity index (χ1n) is 9.24. The van der Waals surface area contributed by atoms with Crippen molar-refractivity contribution in [1.82, 2.24) is 0 Å². The molecule has 1 heterocycles. The van der Waals surface area contributed by atoms with Gasteiger partial charge in [0.2, 0.25) is 0 Å². The van der Waals surface area contributed by atoms with E-state index in [0.717, 1.165) is 16.8 Å². The Bertz CT molecular complexity index is 1010. The fourth-order valence-electron chi connectivity index (χ4n) is 3.92. The number of hydrogen-bond acceptors (Lipinski definition) is 2. The van der Waals surface area contributed by atoms with E-state index in [-0.39, 0.29) is 11.2 Å². The maximum atomic E-state index is 12.9. The smallest absolute Gasteiger partial charge is 0.187 e. The van der Waals surface area contributed by atoms with Gasteiger partial charge in [0, 0.05) is 35.5 Å². The Morgan fingerprint density at radius 2 is 1.41 bits per heavy atom. The van der Waals surface area contributed by atoms with Crippen LogP contribution < -0.4 is 4.90 Å². The SMILES string of the molecule is CN1/C(=C\C(=O)c2ccc(-c3ccccc3)cc2)C(C)(C)c2ccccc21. The Kier molecular flexibility index (Phi) is 4.19. The Hall–Kier alpha value is -3.13. The van der Waals surface area contributed by atoms with Gasteiger partial charge in [-0.2, -0.15) is 0 Å². The van der Waals surface area contributed by atoms with Crippen molar-refractivity contribution in [2.24, 2.45) is 0 Å². The molecule has 0 amide bonds. The van der Waals surface area contributed by atoms with Crippen molar-refractivity contribution in [2.75, 3.05) is 11.9 Å². The highest BCUT2D eigenvalue weighted by Crippen LogP contribution is 2.46. The van der Waals surface area contributed by atoms with E-state index in [1.54, 1.807) is 6.08 Å². The summed E-state index contributed by atoms with van der Waals surface area (Å²) >= 11 is 0. The maximum absolute atomic E-state index is 12.9. The van der Waals surface area contributed by atoms with Crippen molar-refractivity contribution in [3.8, 4) is 11.1 Å². The minimum atomic E-state index is -0.190. The van der Waals surface area contributed by atoms with E-state index in [2.05, 4.69) is 49.1 Å². The molecule has 2 heteroatoms. The van der Waals surface area contributed by atoms with Gasteiger partial charge in [0.1, 0.15) is 0 Å². The van der Waals surface area contributed by atoms with E-state index in [1.807, 2.05) is 55.6 Å². The average molecular weight is 353 g/mol. The van der Waals surface area contributed by atoms with Crippen LogP contribution >= 0.6 is 0 Å². The Morgan fingerprint density at radius 3 is 2.07 bits per heavy atom. The van der Waals surface area contributed by atoms with Gasteiger partial charge in [-0.25, -0.2) is 0 Å². The fraction of sp³-hybridized carbons (Fsp3) is 0.160. The zero-order valence-electron chi connectivity index (χ0n) is 15.9. The molecular formula is C25H23NO. The second kappa shape index (κ2) is 6.55. The molecule has 0 saturated heterocycles. The molecular weight excluding hydrogens is 330 g/mol. The van der Waals surface area contributed by atoms with Gasteiger partial charge >= 0.3 is 0 Å². The molecule has 4 rings (SSSR count). The minimum Gasteiger partial charge on any atom is -0.347 e. The number of carbonyl (C=O) groups excluding carboxylic acids is 1. The van der Waals surface area contributed by atoms with Gasteiger partial charge in [0.15, 0.2) is 5.78 Å². The first kappa shape index (κ1) is 17.3. The summed E-state index contributed by atoms with van der Waals surface area (Å²) in [6.07, 6.45) is 1.79. The van der Waals surface area contributed by atoms with Crippen molar-refractivity contribution in [2.45, 2.75) is 19.3 Å². The van der Waals surface area contributed by atoms with Gasteiger partial charge in [-0.3, -0.25) is 4.79 Å². The van der Waals surface area contributed by atoms with Crippen molar-refractivity contribution in [3.63, 3.8) is 0 Å². The van der Waals surface area contributed by atoms with Crippen molar-refractivity contribution >= 4 is 11.5 Å². The lowest BCUT2D eigenvalue weighted by Gasteiger charge is -2.24. The molecule has 3 aromatic carbocycles. The molecule has 3 aromatic rings. The van der Waals surface area contributed by atoms with E-state index < -0.39 is 0 Å². The predicted molar refractivity (Wildman–Crippen MR) is 112 cm³/mol. The van der Waals surface area contributed by atoms with Crippen molar-refractivity contribution < 1.29 is 4.79 Å². The molecule has 0 saturated carbocycles. The third kappa shape index (κ3) is 2.97. The summed E-state index contributed by atoms with van der Waals surface area (Å²) in [5.74, 6) is 0.0392. The minimum absolute atomic E-state index is 0.0392. The number of carbonyl (C=O) groups is 1. The lowest BCUT2D eigenvalue weighted by Crippen LogP contribution is -2.24. The second-order valence-electron chi connectivity index (χ2n) is 7.54. The van der Waals surface area contributed by atoms with Gasteiger partial charge < -0.3 is 4.90 Å². The summed E-state index contributed by atoms with van der Waals surface area (Å²) in [5, 5.41) is 0. The van der Waals surface area contributed by atoms with Crippen molar-refractivity contribution in [3.05, 3.63) is 102 Å². The van der Waals surface area contributed by atoms with Crippen LogP contribution in [0.3, 0.4) is 0 Å². The second-order valence-corrected chi connectivity index (χ2v) is 7.54. The zero-order valence-corrected chi connectivity index (χ0v) is 15.9. The molecule has 0 unspecified atom stereocenters. The molecule has 0 spiro atoms. The first-order chi connectivity index (χ1) is 13.0. The highest BCUT2D eigenvalue weighted by Gasteiger charge is 2.38. The quantitative estimate of drug-likeness (QED) is 0.435. The monoisotopic (exact) mass is 353 g/mol. The third-order valence-corrected chi connectivity index (χ3v) is 5.48. The van der Waals surface area contributed by atoms with Gasteiger partial charge in [0.25, 0.3) is 0 Å². The van der Waals surface area contributed by atoms with Gasteiger partial charge in [-0.1, -0.05) is 86.6 Å². The molecule has 27 heavy (non-hydrogen) atoms. The van der Waals surface area contributed by atoms with Crippen LogP contribution in [0.1, 0.15) is 29.8 Å². The molecule has 1 aliphatic rings. The average Bonchev–Trinajstić information content (AvgIpc) is 2.90. The number of ketones is 1. The van der Waals surface area contributed by atoms with Crippen LogP contribution in [0.25, 0.3) is 11.1 Å². The van der Waals surface area contributed by atoms with E-state index >= 15 is 0 Å². The van der Waals surface area contributed by atoms with E-state index in [1.165, 1.54) is 11.3 Å². The number of para-hydroxylation sites is 1. The summed E-state index contributed by atoms with van der Waals surface area (Å²) in [6.45, 7) is 4.35. The Labute approximate surface area is 160 Å². The molecule has 0 fully saturated rings. The topological polar surface area (TPSA) is 20.3 Å². The van der Waals surface area contributed by atoms with Crippen LogP contribution in [-0.2, 0) is 5.41 Å². The summed E-state index contributed by atoms with van der Waals surface area (Å²) < 4.78 is 0. The number of benzene rings is 3. The molecule has 0 atom stereocenters.